The van der Waals surface area contributed by atoms with E-state index in [0.29, 0.717) is 16.9 Å². The molecule has 4 rings (SSSR count). The number of nitrogens with one attached hydrogen (secondary N) is 1. The fraction of sp³-hybridized carbons (Fsp3) is 0. The molecule has 0 aliphatic carbocycles. The highest BCUT2D eigenvalue weighted by Gasteiger charge is 2.12. The molecule has 0 saturated heterocycles. The molecule has 0 fully saturated rings. The third-order valence-corrected chi connectivity index (χ3v) is 4.11. The number of rotatable bonds is 2. The summed E-state index contributed by atoms with van der Waals surface area (Å²) in [7, 11) is 0. The van der Waals surface area contributed by atoms with E-state index in [4.69, 9.17) is 15.7 Å². The van der Waals surface area contributed by atoms with Crippen molar-refractivity contribution in [1.29, 1.82) is 10.7 Å². The third kappa shape index (κ3) is 2.97. The molecule has 126 valence electrons. The van der Waals surface area contributed by atoms with E-state index in [-0.39, 0.29) is 12.4 Å². The van der Waals surface area contributed by atoms with Crippen LogP contribution >= 0.6 is 12.4 Å². The molecule has 0 spiro atoms. The van der Waals surface area contributed by atoms with Crippen LogP contribution in [0.1, 0.15) is 5.56 Å². The van der Waals surface area contributed by atoms with Gasteiger partial charge in [0.2, 0.25) is 0 Å². The SMILES string of the molecule is Cl.N#Cc1ccc(-n2c(-c3ccccc3)nc3ccccc3c2=N)cc1. The van der Waals surface area contributed by atoms with Crippen molar-refractivity contribution >= 4 is 23.3 Å². The highest BCUT2D eigenvalue weighted by molar-refractivity contribution is 5.85. The van der Waals surface area contributed by atoms with Crippen molar-refractivity contribution in [3.05, 3.63) is 89.9 Å². The summed E-state index contributed by atoms with van der Waals surface area (Å²) in [6.07, 6.45) is 0. The summed E-state index contributed by atoms with van der Waals surface area (Å²) in [4.78, 5) is 4.80. The molecule has 0 amide bonds. The van der Waals surface area contributed by atoms with E-state index in [1.807, 2.05) is 71.3 Å². The Labute approximate surface area is 156 Å². The molecular formula is C21H15ClN4. The minimum atomic E-state index is 0. The summed E-state index contributed by atoms with van der Waals surface area (Å²) in [5, 5.41) is 18.5. The molecule has 0 unspecified atom stereocenters. The maximum atomic E-state index is 9.02. The highest BCUT2D eigenvalue weighted by Crippen LogP contribution is 2.22. The number of halogens is 1. The first kappa shape index (κ1) is 17.4. The lowest BCUT2D eigenvalue weighted by Gasteiger charge is -2.15. The van der Waals surface area contributed by atoms with Gasteiger partial charge in [0.05, 0.1) is 17.1 Å². The van der Waals surface area contributed by atoms with Crippen molar-refractivity contribution in [3.63, 3.8) is 0 Å². The van der Waals surface area contributed by atoms with Crippen LogP contribution in [-0.2, 0) is 0 Å². The molecule has 0 bridgehead atoms. The topological polar surface area (TPSA) is 65.5 Å². The van der Waals surface area contributed by atoms with Crippen molar-refractivity contribution in [1.82, 2.24) is 9.55 Å². The van der Waals surface area contributed by atoms with E-state index in [1.165, 1.54) is 0 Å². The van der Waals surface area contributed by atoms with Gasteiger partial charge < -0.3 is 0 Å². The Morgan fingerprint density at radius 2 is 1.50 bits per heavy atom. The Morgan fingerprint density at radius 3 is 2.19 bits per heavy atom. The van der Waals surface area contributed by atoms with Crippen LogP contribution < -0.4 is 5.49 Å². The van der Waals surface area contributed by atoms with E-state index in [0.717, 1.165) is 22.2 Å². The quantitative estimate of drug-likeness (QED) is 0.574. The van der Waals surface area contributed by atoms with E-state index >= 15 is 0 Å². The molecule has 0 aliphatic rings. The normalized spacial score (nSPS) is 10.1. The molecule has 0 radical (unpaired) electrons. The van der Waals surface area contributed by atoms with Gasteiger partial charge in [-0.1, -0.05) is 42.5 Å². The van der Waals surface area contributed by atoms with E-state index < -0.39 is 0 Å². The Bertz CT molecular complexity index is 1160. The van der Waals surface area contributed by atoms with Crippen LogP contribution in [0.2, 0.25) is 0 Å². The smallest absolute Gasteiger partial charge is 0.146 e. The predicted molar refractivity (Wildman–Crippen MR) is 104 cm³/mol. The fourth-order valence-corrected chi connectivity index (χ4v) is 2.88. The second kappa shape index (κ2) is 7.22. The van der Waals surface area contributed by atoms with Crippen LogP contribution in [0.25, 0.3) is 28.0 Å². The number of aromatic nitrogens is 2. The van der Waals surface area contributed by atoms with Crippen LogP contribution in [0, 0.1) is 16.7 Å². The number of hydrogen-bond acceptors (Lipinski definition) is 3. The van der Waals surface area contributed by atoms with Gasteiger partial charge in [-0.15, -0.1) is 12.4 Å². The zero-order chi connectivity index (χ0) is 17.2. The van der Waals surface area contributed by atoms with Gasteiger partial charge in [0.15, 0.2) is 0 Å². The minimum Gasteiger partial charge on any atom is -0.283 e. The number of fused-ring (bicyclic) bond motifs is 1. The summed E-state index contributed by atoms with van der Waals surface area (Å²) < 4.78 is 1.82. The molecule has 5 heteroatoms. The van der Waals surface area contributed by atoms with Gasteiger partial charge in [-0.25, -0.2) is 4.98 Å². The summed E-state index contributed by atoms with van der Waals surface area (Å²) in [6, 6.07) is 26.8. The minimum absolute atomic E-state index is 0. The van der Waals surface area contributed by atoms with E-state index in [2.05, 4.69) is 6.07 Å². The molecule has 0 saturated carbocycles. The van der Waals surface area contributed by atoms with Crippen LogP contribution in [0.3, 0.4) is 0 Å². The van der Waals surface area contributed by atoms with Crippen molar-refractivity contribution in [2.24, 2.45) is 0 Å². The number of nitrogens with zero attached hydrogens (tertiary/aromatic N) is 3. The van der Waals surface area contributed by atoms with Crippen LogP contribution in [0.15, 0.2) is 78.9 Å². The Kier molecular flexibility index (Phi) is 4.83. The molecule has 4 nitrogen and oxygen atoms in total. The highest BCUT2D eigenvalue weighted by atomic mass is 35.5. The standard InChI is InChI=1S/C21H14N4.ClH/c22-14-15-10-12-17(13-11-15)25-20(23)18-8-4-5-9-19(18)24-21(25)16-6-2-1-3-7-16;/h1-13,23H;1H. The maximum Gasteiger partial charge on any atom is 0.146 e. The van der Waals surface area contributed by atoms with Gasteiger partial charge in [-0.3, -0.25) is 9.98 Å². The third-order valence-electron chi connectivity index (χ3n) is 4.11. The first-order chi connectivity index (χ1) is 12.3. The van der Waals surface area contributed by atoms with Gasteiger partial charge in [0, 0.05) is 16.6 Å². The molecule has 1 N–H and O–H groups in total. The average Bonchev–Trinajstić information content (AvgIpc) is 2.69. The molecule has 4 aromatic rings. The van der Waals surface area contributed by atoms with Crippen molar-refractivity contribution in [2.75, 3.05) is 0 Å². The number of nitriles is 1. The summed E-state index contributed by atoms with van der Waals surface area (Å²) in [5.74, 6) is 0.703. The number of para-hydroxylation sites is 1. The van der Waals surface area contributed by atoms with E-state index in [9.17, 15) is 0 Å². The lowest BCUT2D eigenvalue weighted by Crippen LogP contribution is -2.22. The molecule has 1 heterocycles. The second-order valence-electron chi connectivity index (χ2n) is 5.66. The zero-order valence-electron chi connectivity index (χ0n) is 13.8. The van der Waals surface area contributed by atoms with Gasteiger partial charge in [0.1, 0.15) is 11.3 Å². The molecule has 0 aliphatic heterocycles. The molecule has 26 heavy (non-hydrogen) atoms. The lowest BCUT2D eigenvalue weighted by molar-refractivity contribution is 0.922. The van der Waals surface area contributed by atoms with Gasteiger partial charge in [-0.05, 0) is 36.4 Å². The largest absolute Gasteiger partial charge is 0.283 e. The maximum absolute atomic E-state index is 9.02. The number of benzene rings is 3. The summed E-state index contributed by atoms with van der Waals surface area (Å²) in [6.45, 7) is 0. The monoisotopic (exact) mass is 358 g/mol. The molecular weight excluding hydrogens is 344 g/mol. The first-order valence-electron chi connectivity index (χ1n) is 7.90. The Balaban J connectivity index is 0.00000196. The van der Waals surface area contributed by atoms with Crippen molar-refractivity contribution in [2.45, 2.75) is 0 Å². The van der Waals surface area contributed by atoms with Gasteiger partial charge in [0.25, 0.3) is 0 Å². The van der Waals surface area contributed by atoms with Crippen molar-refractivity contribution < 1.29 is 0 Å². The Morgan fingerprint density at radius 1 is 0.846 bits per heavy atom. The molecule has 1 aromatic heterocycles. The van der Waals surface area contributed by atoms with E-state index in [1.54, 1.807) is 12.1 Å². The number of hydrogen-bond donors (Lipinski definition) is 1. The average molecular weight is 359 g/mol. The lowest BCUT2D eigenvalue weighted by atomic mass is 10.1. The van der Waals surface area contributed by atoms with Gasteiger partial charge >= 0.3 is 0 Å². The van der Waals surface area contributed by atoms with Gasteiger partial charge in [-0.2, -0.15) is 5.26 Å². The van der Waals surface area contributed by atoms with Crippen LogP contribution in [0.5, 0.6) is 0 Å². The molecule has 0 atom stereocenters. The first-order valence-corrected chi connectivity index (χ1v) is 7.90. The molecule has 3 aromatic carbocycles. The van der Waals surface area contributed by atoms with Crippen LogP contribution in [-0.4, -0.2) is 9.55 Å². The van der Waals surface area contributed by atoms with Crippen molar-refractivity contribution in [3.8, 4) is 23.1 Å². The van der Waals surface area contributed by atoms with Crippen LogP contribution in [0.4, 0.5) is 0 Å². The Hall–Kier alpha value is -3.42. The summed E-state index contributed by atoms with van der Waals surface area (Å²) in [5.41, 5.74) is 3.49. The fourth-order valence-electron chi connectivity index (χ4n) is 2.88. The second-order valence-corrected chi connectivity index (χ2v) is 5.66. The summed E-state index contributed by atoms with van der Waals surface area (Å²) >= 11 is 0. The zero-order valence-corrected chi connectivity index (χ0v) is 14.6. The predicted octanol–water partition coefficient (Wildman–Crippen LogP) is 4.47.